The Bertz CT molecular complexity index is 830. The molecule has 1 unspecified atom stereocenters. The average Bonchev–Trinajstić information content (AvgIpc) is 2.98. The number of hydrogen-bond donors (Lipinski definition) is 0. The zero-order chi connectivity index (χ0) is 18.3. The molecule has 2 aromatic rings. The average molecular weight is 394 g/mol. The van der Waals surface area contributed by atoms with Crippen LogP contribution in [0, 0.1) is 11.8 Å². The number of carbonyl (C=O) groups excluding carboxylic acids is 1. The van der Waals surface area contributed by atoms with Crippen LogP contribution in [-0.2, 0) is 22.4 Å². The molecule has 0 saturated carbocycles. The van der Waals surface area contributed by atoms with Gasteiger partial charge in [0.1, 0.15) is 10.6 Å². The number of rotatable bonds is 3. The Morgan fingerprint density at radius 1 is 1.31 bits per heavy atom. The van der Waals surface area contributed by atoms with Crippen LogP contribution in [0.2, 0.25) is 5.28 Å². The number of fused-ring (bicyclic) bond motifs is 3. The number of anilines is 1. The topological polar surface area (TPSA) is 55.3 Å². The van der Waals surface area contributed by atoms with Gasteiger partial charge in [-0.25, -0.2) is 4.98 Å². The molecule has 0 amide bonds. The Balaban J connectivity index is 1.64. The molecule has 1 fully saturated rings. The van der Waals surface area contributed by atoms with E-state index in [2.05, 4.69) is 21.8 Å². The fourth-order valence-corrected chi connectivity index (χ4v) is 5.71. The van der Waals surface area contributed by atoms with Crippen LogP contribution in [-0.4, -0.2) is 35.6 Å². The minimum atomic E-state index is -0.0695. The molecule has 2 aliphatic rings. The first-order chi connectivity index (χ1) is 12.6. The molecule has 0 N–H and O–H groups in total. The number of aryl methyl sites for hydroxylation is 1. The second kappa shape index (κ2) is 7.31. The van der Waals surface area contributed by atoms with E-state index in [1.807, 2.05) is 6.92 Å². The van der Waals surface area contributed by atoms with Crippen molar-refractivity contribution in [1.29, 1.82) is 0 Å². The molecule has 4 rings (SSSR count). The molecule has 7 heteroatoms. The van der Waals surface area contributed by atoms with E-state index in [4.69, 9.17) is 16.3 Å². The van der Waals surface area contributed by atoms with Crippen LogP contribution in [0.25, 0.3) is 10.2 Å². The van der Waals surface area contributed by atoms with Gasteiger partial charge in [-0.1, -0.05) is 6.92 Å². The molecule has 0 bridgehead atoms. The number of ether oxygens (including phenoxy) is 1. The summed E-state index contributed by atoms with van der Waals surface area (Å²) in [5.74, 6) is 1.60. The monoisotopic (exact) mass is 393 g/mol. The minimum absolute atomic E-state index is 0.00348. The molecule has 0 spiro atoms. The molecule has 5 nitrogen and oxygen atoms in total. The number of thiophene rings is 1. The highest BCUT2D eigenvalue weighted by Gasteiger charge is 2.30. The number of aromatic nitrogens is 2. The van der Waals surface area contributed by atoms with Crippen LogP contribution in [0.1, 0.15) is 43.6 Å². The third-order valence-corrected chi connectivity index (χ3v) is 6.84. The molecule has 0 aromatic carbocycles. The summed E-state index contributed by atoms with van der Waals surface area (Å²) in [6.45, 7) is 6.21. The van der Waals surface area contributed by atoms with E-state index in [0.29, 0.717) is 11.9 Å². The number of nitrogens with zero attached hydrogens (tertiary/aromatic N) is 3. The van der Waals surface area contributed by atoms with Crippen molar-refractivity contribution in [2.24, 2.45) is 11.8 Å². The van der Waals surface area contributed by atoms with E-state index in [1.165, 1.54) is 22.2 Å². The Kier molecular flexibility index (Phi) is 5.06. The summed E-state index contributed by atoms with van der Waals surface area (Å²) < 4.78 is 5.18. The van der Waals surface area contributed by atoms with Crippen molar-refractivity contribution in [3.05, 3.63) is 15.7 Å². The van der Waals surface area contributed by atoms with Gasteiger partial charge in [0.05, 0.1) is 17.9 Å². The number of piperidine rings is 1. The first-order valence-corrected chi connectivity index (χ1v) is 10.7. The predicted molar refractivity (Wildman–Crippen MR) is 105 cm³/mol. The molecular weight excluding hydrogens is 370 g/mol. The predicted octanol–water partition coefficient (Wildman–Crippen LogP) is 4.25. The van der Waals surface area contributed by atoms with Gasteiger partial charge >= 0.3 is 5.97 Å². The second-order valence-electron chi connectivity index (χ2n) is 7.36. The summed E-state index contributed by atoms with van der Waals surface area (Å²) >= 11 is 8.01. The summed E-state index contributed by atoms with van der Waals surface area (Å²) in [6, 6.07) is 0. The number of hydrogen-bond acceptors (Lipinski definition) is 6. The number of halogens is 1. The fraction of sp³-hybridized carbons (Fsp3) is 0.632. The van der Waals surface area contributed by atoms with Gasteiger partial charge in [0.25, 0.3) is 0 Å². The standard InChI is InChI=1S/C19H24ClN3O2S/c1-3-25-18(24)12-6-8-23(9-7-12)16-15-13-5-4-11(2)10-14(13)26-17(15)22-19(20)21-16/h11-12H,3-10H2,1-2H3. The minimum Gasteiger partial charge on any atom is -0.466 e. The van der Waals surface area contributed by atoms with E-state index in [0.717, 1.165) is 55.3 Å². The third kappa shape index (κ3) is 3.29. The maximum Gasteiger partial charge on any atom is 0.309 e. The van der Waals surface area contributed by atoms with E-state index in [-0.39, 0.29) is 11.9 Å². The van der Waals surface area contributed by atoms with Crippen LogP contribution in [0.15, 0.2) is 0 Å². The van der Waals surface area contributed by atoms with Gasteiger partial charge in [-0.05, 0) is 62.1 Å². The SMILES string of the molecule is CCOC(=O)C1CCN(c2nc(Cl)nc3sc4c(c23)CCC(C)C4)CC1. The van der Waals surface area contributed by atoms with Crippen molar-refractivity contribution in [2.45, 2.75) is 46.0 Å². The largest absolute Gasteiger partial charge is 0.466 e. The third-order valence-electron chi connectivity index (χ3n) is 5.52. The highest BCUT2D eigenvalue weighted by Crippen LogP contribution is 2.42. The summed E-state index contributed by atoms with van der Waals surface area (Å²) in [7, 11) is 0. The molecule has 1 saturated heterocycles. The van der Waals surface area contributed by atoms with Crippen molar-refractivity contribution >= 4 is 44.9 Å². The summed E-state index contributed by atoms with van der Waals surface area (Å²) in [5, 5.41) is 1.50. The smallest absolute Gasteiger partial charge is 0.309 e. The lowest BCUT2D eigenvalue weighted by Crippen LogP contribution is -2.37. The van der Waals surface area contributed by atoms with Gasteiger partial charge in [0.15, 0.2) is 0 Å². The second-order valence-corrected chi connectivity index (χ2v) is 8.78. The van der Waals surface area contributed by atoms with Crippen LogP contribution in [0.5, 0.6) is 0 Å². The molecular formula is C19H24ClN3O2S. The van der Waals surface area contributed by atoms with Crippen molar-refractivity contribution < 1.29 is 9.53 Å². The Labute approximate surface area is 162 Å². The lowest BCUT2D eigenvalue weighted by molar-refractivity contribution is -0.148. The summed E-state index contributed by atoms with van der Waals surface area (Å²) in [6.07, 6.45) is 5.02. The van der Waals surface area contributed by atoms with Crippen molar-refractivity contribution in [2.75, 3.05) is 24.6 Å². The number of esters is 1. The molecule has 2 aromatic heterocycles. The lowest BCUT2D eigenvalue weighted by Gasteiger charge is -2.32. The quantitative estimate of drug-likeness (QED) is 0.576. The molecule has 26 heavy (non-hydrogen) atoms. The van der Waals surface area contributed by atoms with Gasteiger partial charge in [0.2, 0.25) is 5.28 Å². The van der Waals surface area contributed by atoms with E-state index >= 15 is 0 Å². The molecule has 3 heterocycles. The Morgan fingerprint density at radius 3 is 2.81 bits per heavy atom. The Morgan fingerprint density at radius 2 is 2.08 bits per heavy atom. The first-order valence-electron chi connectivity index (χ1n) is 9.46. The zero-order valence-corrected chi connectivity index (χ0v) is 16.8. The van der Waals surface area contributed by atoms with Crippen LogP contribution >= 0.6 is 22.9 Å². The van der Waals surface area contributed by atoms with Gasteiger partial charge in [-0.3, -0.25) is 4.79 Å². The van der Waals surface area contributed by atoms with Crippen molar-refractivity contribution in [3.63, 3.8) is 0 Å². The van der Waals surface area contributed by atoms with Crippen LogP contribution < -0.4 is 4.90 Å². The molecule has 1 aliphatic heterocycles. The number of carbonyl (C=O) groups is 1. The van der Waals surface area contributed by atoms with E-state index in [1.54, 1.807) is 11.3 Å². The van der Waals surface area contributed by atoms with E-state index < -0.39 is 0 Å². The molecule has 140 valence electrons. The normalized spacial score (nSPS) is 21.0. The van der Waals surface area contributed by atoms with Crippen LogP contribution in [0.4, 0.5) is 5.82 Å². The van der Waals surface area contributed by atoms with Crippen molar-refractivity contribution in [3.8, 4) is 0 Å². The highest BCUT2D eigenvalue weighted by atomic mass is 35.5. The Hall–Kier alpha value is -1.40. The van der Waals surface area contributed by atoms with Crippen LogP contribution in [0.3, 0.4) is 0 Å². The van der Waals surface area contributed by atoms with Gasteiger partial charge in [-0.15, -0.1) is 11.3 Å². The first kappa shape index (κ1) is 18.0. The zero-order valence-electron chi connectivity index (χ0n) is 15.3. The molecule has 1 atom stereocenters. The summed E-state index contributed by atoms with van der Waals surface area (Å²) in [4.78, 5) is 25.8. The maximum atomic E-state index is 12.0. The van der Waals surface area contributed by atoms with Crippen molar-refractivity contribution in [1.82, 2.24) is 9.97 Å². The van der Waals surface area contributed by atoms with Gasteiger partial charge < -0.3 is 9.64 Å². The molecule has 1 aliphatic carbocycles. The fourth-order valence-electron chi connectivity index (χ4n) is 4.11. The highest BCUT2D eigenvalue weighted by molar-refractivity contribution is 7.19. The summed E-state index contributed by atoms with van der Waals surface area (Å²) in [5.41, 5.74) is 1.42. The van der Waals surface area contributed by atoms with Gasteiger partial charge in [-0.2, -0.15) is 4.98 Å². The maximum absolute atomic E-state index is 12.0. The van der Waals surface area contributed by atoms with E-state index in [9.17, 15) is 4.79 Å². The van der Waals surface area contributed by atoms with Gasteiger partial charge in [0, 0.05) is 18.0 Å². The lowest BCUT2D eigenvalue weighted by atomic mass is 9.89. The molecule has 0 radical (unpaired) electrons.